The summed E-state index contributed by atoms with van der Waals surface area (Å²) in [6.07, 6.45) is 0. The third-order valence-corrected chi connectivity index (χ3v) is 3.36. The minimum absolute atomic E-state index is 0.172. The minimum atomic E-state index is -0.199. The average Bonchev–Trinajstić information content (AvgIpc) is 2.35. The van der Waals surface area contributed by atoms with Gasteiger partial charge in [0.05, 0.1) is 0 Å². The van der Waals surface area contributed by atoms with Crippen molar-refractivity contribution >= 4 is 5.69 Å². The minimum Gasteiger partial charge on any atom is -0.381 e. The van der Waals surface area contributed by atoms with Crippen molar-refractivity contribution in [2.75, 3.05) is 5.32 Å². The molecule has 0 fully saturated rings. The molecule has 20 heavy (non-hydrogen) atoms. The zero-order chi connectivity index (χ0) is 14.8. The standard InChI is InChI=1S/C18H22FN/c1-13-9-16(19)11-17(10-13)20-12-14-5-7-15(8-6-14)18(2,3)4/h5-11,20H,12H2,1-4H3. The van der Waals surface area contributed by atoms with Crippen LogP contribution in [0.1, 0.15) is 37.5 Å². The topological polar surface area (TPSA) is 12.0 Å². The lowest BCUT2D eigenvalue weighted by Crippen LogP contribution is -2.11. The Hall–Kier alpha value is -1.83. The molecule has 0 aliphatic carbocycles. The van der Waals surface area contributed by atoms with Gasteiger partial charge >= 0.3 is 0 Å². The van der Waals surface area contributed by atoms with Crippen LogP contribution in [-0.4, -0.2) is 0 Å². The van der Waals surface area contributed by atoms with Gasteiger partial charge in [0.15, 0.2) is 0 Å². The molecule has 2 aromatic rings. The van der Waals surface area contributed by atoms with E-state index in [1.165, 1.54) is 23.3 Å². The highest BCUT2D eigenvalue weighted by atomic mass is 19.1. The van der Waals surface area contributed by atoms with E-state index >= 15 is 0 Å². The summed E-state index contributed by atoms with van der Waals surface area (Å²) >= 11 is 0. The summed E-state index contributed by atoms with van der Waals surface area (Å²) in [5.41, 5.74) is 4.44. The summed E-state index contributed by atoms with van der Waals surface area (Å²) in [6.45, 7) is 9.21. The predicted molar refractivity (Wildman–Crippen MR) is 83.6 cm³/mol. The summed E-state index contributed by atoms with van der Waals surface area (Å²) < 4.78 is 13.3. The molecule has 0 saturated heterocycles. The monoisotopic (exact) mass is 271 g/mol. The Bertz CT molecular complexity index is 559. The number of rotatable bonds is 3. The lowest BCUT2D eigenvalue weighted by molar-refractivity contribution is 0.590. The molecule has 0 bridgehead atoms. The summed E-state index contributed by atoms with van der Waals surface area (Å²) in [4.78, 5) is 0. The van der Waals surface area contributed by atoms with Gasteiger partial charge in [-0.25, -0.2) is 4.39 Å². The maximum absolute atomic E-state index is 13.3. The fourth-order valence-electron chi connectivity index (χ4n) is 2.17. The lowest BCUT2D eigenvalue weighted by atomic mass is 9.87. The van der Waals surface area contributed by atoms with Gasteiger partial charge in [0.2, 0.25) is 0 Å². The van der Waals surface area contributed by atoms with E-state index in [1.807, 2.05) is 13.0 Å². The van der Waals surface area contributed by atoms with E-state index < -0.39 is 0 Å². The van der Waals surface area contributed by atoms with E-state index in [4.69, 9.17) is 0 Å². The van der Waals surface area contributed by atoms with Gasteiger partial charge in [-0.15, -0.1) is 0 Å². The van der Waals surface area contributed by atoms with Crippen LogP contribution in [0.15, 0.2) is 42.5 Å². The molecule has 1 nitrogen and oxygen atoms in total. The van der Waals surface area contributed by atoms with Crippen molar-refractivity contribution in [2.24, 2.45) is 0 Å². The molecule has 2 aromatic carbocycles. The number of halogens is 1. The third kappa shape index (κ3) is 3.83. The Morgan fingerprint density at radius 3 is 2.20 bits per heavy atom. The molecule has 0 aromatic heterocycles. The first kappa shape index (κ1) is 14.6. The van der Waals surface area contributed by atoms with Crippen LogP contribution in [-0.2, 0) is 12.0 Å². The van der Waals surface area contributed by atoms with Crippen LogP contribution in [0.4, 0.5) is 10.1 Å². The number of aryl methyl sites for hydroxylation is 1. The summed E-state index contributed by atoms with van der Waals surface area (Å²) in [6, 6.07) is 13.6. The van der Waals surface area contributed by atoms with Crippen LogP contribution in [0.2, 0.25) is 0 Å². The number of nitrogens with one attached hydrogen (secondary N) is 1. The van der Waals surface area contributed by atoms with Crippen molar-refractivity contribution < 1.29 is 4.39 Å². The van der Waals surface area contributed by atoms with Crippen molar-refractivity contribution in [2.45, 2.75) is 39.7 Å². The Morgan fingerprint density at radius 2 is 1.65 bits per heavy atom. The molecule has 0 radical (unpaired) electrons. The van der Waals surface area contributed by atoms with E-state index in [2.05, 4.69) is 50.4 Å². The average molecular weight is 271 g/mol. The molecule has 1 N–H and O–H groups in total. The number of hydrogen-bond donors (Lipinski definition) is 1. The second-order valence-electron chi connectivity index (χ2n) is 6.32. The molecule has 0 aliphatic rings. The summed E-state index contributed by atoms with van der Waals surface area (Å²) in [5, 5.41) is 3.26. The molecule has 0 heterocycles. The Kier molecular flexibility index (Phi) is 4.12. The number of hydrogen-bond acceptors (Lipinski definition) is 1. The van der Waals surface area contributed by atoms with Crippen LogP contribution in [0, 0.1) is 12.7 Å². The summed E-state index contributed by atoms with van der Waals surface area (Å²) in [5.74, 6) is -0.199. The molecular weight excluding hydrogens is 249 g/mol. The van der Waals surface area contributed by atoms with Gasteiger partial charge in [-0.2, -0.15) is 0 Å². The third-order valence-electron chi connectivity index (χ3n) is 3.36. The predicted octanol–water partition coefficient (Wildman–Crippen LogP) is 5.04. The Balaban J connectivity index is 2.04. The van der Waals surface area contributed by atoms with Gasteiger partial charge < -0.3 is 5.32 Å². The fraction of sp³-hybridized carbons (Fsp3) is 0.333. The maximum Gasteiger partial charge on any atom is 0.125 e. The first-order chi connectivity index (χ1) is 9.34. The molecule has 2 rings (SSSR count). The molecule has 106 valence electrons. The SMILES string of the molecule is Cc1cc(F)cc(NCc2ccc(C(C)(C)C)cc2)c1. The highest BCUT2D eigenvalue weighted by molar-refractivity contribution is 5.46. The summed E-state index contributed by atoms with van der Waals surface area (Å²) in [7, 11) is 0. The quantitative estimate of drug-likeness (QED) is 0.824. The molecule has 0 atom stereocenters. The highest BCUT2D eigenvalue weighted by Crippen LogP contribution is 2.22. The van der Waals surface area contributed by atoms with Gasteiger partial charge in [0, 0.05) is 12.2 Å². The normalized spacial score (nSPS) is 11.4. The first-order valence-corrected chi connectivity index (χ1v) is 6.95. The van der Waals surface area contributed by atoms with Gasteiger partial charge in [-0.1, -0.05) is 45.0 Å². The zero-order valence-electron chi connectivity index (χ0n) is 12.6. The highest BCUT2D eigenvalue weighted by Gasteiger charge is 2.12. The van der Waals surface area contributed by atoms with E-state index in [9.17, 15) is 4.39 Å². The molecular formula is C18H22FN. The molecule has 2 heteroatoms. The van der Waals surface area contributed by atoms with Crippen LogP contribution in [0.5, 0.6) is 0 Å². The van der Waals surface area contributed by atoms with Crippen molar-refractivity contribution in [1.29, 1.82) is 0 Å². The van der Waals surface area contributed by atoms with Gasteiger partial charge in [-0.3, -0.25) is 0 Å². The lowest BCUT2D eigenvalue weighted by Gasteiger charge is -2.19. The second-order valence-corrected chi connectivity index (χ2v) is 6.32. The van der Waals surface area contributed by atoms with Crippen LogP contribution in [0.3, 0.4) is 0 Å². The molecule has 0 spiro atoms. The van der Waals surface area contributed by atoms with Crippen LogP contribution < -0.4 is 5.32 Å². The van der Waals surface area contributed by atoms with Crippen molar-refractivity contribution in [3.63, 3.8) is 0 Å². The fourth-order valence-corrected chi connectivity index (χ4v) is 2.17. The Labute approximate surface area is 120 Å². The smallest absolute Gasteiger partial charge is 0.125 e. The molecule has 0 unspecified atom stereocenters. The number of anilines is 1. The van der Waals surface area contributed by atoms with E-state index in [1.54, 1.807) is 0 Å². The van der Waals surface area contributed by atoms with E-state index in [0.29, 0.717) is 6.54 Å². The molecule has 0 saturated carbocycles. The second kappa shape index (κ2) is 5.66. The van der Waals surface area contributed by atoms with Gasteiger partial charge in [0.1, 0.15) is 5.82 Å². The zero-order valence-corrected chi connectivity index (χ0v) is 12.6. The van der Waals surface area contributed by atoms with Gasteiger partial charge in [-0.05, 0) is 47.2 Å². The number of benzene rings is 2. The van der Waals surface area contributed by atoms with Crippen molar-refractivity contribution in [1.82, 2.24) is 0 Å². The molecule has 0 aliphatic heterocycles. The van der Waals surface area contributed by atoms with Crippen LogP contribution in [0.25, 0.3) is 0 Å². The van der Waals surface area contributed by atoms with Crippen LogP contribution >= 0.6 is 0 Å². The molecule has 0 amide bonds. The van der Waals surface area contributed by atoms with E-state index in [0.717, 1.165) is 11.3 Å². The Morgan fingerprint density at radius 1 is 1.00 bits per heavy atom. The van der Waals surface area contributed by atoms with E-state index in [-0.39, 0.29) is 11.2 Å². The van der Waals surface area contributed by atoms with Gasteiger partial charge in [0.25, 0.3) is 0 Å². The van der Waals surface area contributed by atoms with Crippen molar-refractivity contribution in [3.8, 4) is 0 Å². The first-order valence-electron chi connectivity index (χ1n) is 6.95. The van der Waals surface area contributed by atoms with Crippen molar-refractivity contribution in [3.05, 3.63) is 65.0 Å². The maximum atomic E-state index is 13.3. The largest absolute Gasteiger partial charge is 0.381 e.